The van der Waals surface area contributed by atoms with Crippen LogP contribution in [0, 0.1) is 71.0 Å². The van der Waals surface area contributed by atoms with Gasteiger partial charge in [0.2, 0.25) is 23.6 Å². The zero-order valence-corrected chi connectivity index (χ0v) is 38.8. The number of anilines is 1. The van der Waals surface area contributed by atoms with Crippen LogP contribution >= 0.6 is 0 Å². The first kappa shape index (κ1) is 42.5. The average Bonchev–Trinajstić information content (AvgIpc) is 4.31. The van der Waals surface area contributed by atoms with Crippen molar-refractivity contribution < 1.29 is 47.8 Å². The highest BCUT2D eigenvalue weighted by Crippen LogP contribution is 2.83. The number of aromatic nitrogens is 2. The van der Waals surface area contributed by atoms with Gasteiger partial charge in [-0.25, -0.2) is 19.6 Å². The number of fused-ring (bicyclic) bond motifs is 26. The number of carbonyl (C=O) groups is 7. The SMILES string of the molecule is COC(=O)[C@]12O[C@](C(=O)OC)([C@@H]3[C@@H]4C[C@@H]([C@@H]5C(=O)N(CCNc6c7ccccc7nc7ccccc67)C(=O)[C@H]45)[C@@H]31)[C@H]1[C@H]3C[C@H]([C@H]4C(=O)N(CCNC(=O)c5cccc6cc7ccccc7nc56)C(=O)[C@@H]34)[C@H]12. The first-order valence-corrected chi connectivity index (χ1v) is 24.7. The minimum atomic E-state index is -1.72. The van der Waals surface area contributed by atoms with E-state index in [1.807, 2.05) is 84.9 Å². The van der Waals surface area contributed by atoms with E-state index >= 15 is 0 Å². The second-order valence-electron chi connectivity index (χ2n) is 20.9. The van der Waals surface area contributed by atoms with Gasteiger partial charge < -0.3 is 24.8 Å². The summed E-state index contributed by atoms with van der Waals surface area (Å²) in [7, 11) is 2.55. The Labute approximate surface area is 405 Å². The van der Waals surface area contributed by atoms with Crippen LogP contribution in [0.1, 0.15) is 23.2 Å². The summed E-state index contributed by atoms with van der Waals surface area (Å²) in [5.41, 5.74) is 0.689. The number of hydrogen-bond acceptors (Lipinski definition) is 13. The Kier molecular flexibility index (Phi) is 8.90. The predicted octanol–water partition coefficient (Wildman–Crippen LogP) is 4.77. The fourth-order valence-corrected chi connectivity index (χ4v) is 16.5. The third-order valence-corrected chi connectivity index (χ3v) is 18.5. The number of pyridine rings is 2. The molecule has 6 bridgehead atoms. The zero-order chi connectivity index (χ0) is 48.4. The molecule has 8 aliphatic rings. The lowest BCUT2D eigenvalue weighted by atomic mass is 9.47. The van der Waals surface area contributed by atoms with Crippen LogP contribution in [0.2, 0.25) is 0 Å². The number of nitrogens with one attached hydrogen (secondary N) is 2. The lowest BCUT2D eigenvalue weighted by molar-refractivity contribution is -0.188. The Bertz CT molecular complexity index is 3290. The van der Waals surface area contributed by atoms with Crippen LogP contribution in [0.3, 0.4) is 0 Å². The smallest absolute Gasteiger partial charge is 0.338 e. The van der Waals surface area contributed by atoms with Crippen molar-refractivity contribution in [1.82, 2.24) is 25.1 Å². The van der Waals surface area contributed by atoms with Crippen molar-refractivity contribution in [3.8, 4) is 0 Å². The van der Waals surface area contributed by atoms with Gasteiger partial charge in [-0.2, -0.15) is 0 Å². The van der Waals surface area contributed by atoms with Gasteiger partial charge >= 0.3 is 11.9 Å². The van der Waals surface area contributed by atoms with Crippen LogP contribution in [-0.2, 0) is 43.0 Å². The van der Waals surface area contributed by atoms with Gasteiger partial charge in [-0.1, -0.05) is 66.7 Å². The third kappa shape index (κ3) is 5.25. The maximum atomic E-state index is 14.7. The molecule has 2 aromatic heterocycles. The molecule has 2 N–H and O–H groups in total. The molecule has 16 nitrogen and oxygen atoms in total. The van der Waals surface area contributed by atoms with E-state index in [1.54, 1.807) is 12.1 Å². The van der Waals surface area contributed by atoms with Gasteiger partial charge in [0.15, 0.2) is 11.2 Å². The second-order valence-corrected chi connectivity index (χ2v) is 20.9. The van der Waals surface area contributed by atoms with Gasteiger partial charge in [-0.3, -0.25) is 33.8 Å². The lowest BCUT2D eigenvalue weighted by Gasteiger charge is -2.51. The molecule has 0 unspecified atom stereocenters. The molecule has 4 saturated heterocycles. The number of ether oxygens (including phenoxy) is 3. The van der Waals surface area contributed by atoms with E-state index in [1.165, 1.54) is 24.0 Å². The normalized spacial score (nSPS) is 34.5. The minimum absolute atomic E-state index is 0.00774. The number of imide groups is 2. The Balaban J connectivity index is 0.739. The van der Waals surface area contributed by atoms with Gasteiger partial charge in [0, 0.05) is 71.4 Å². The molecule has 0 spiro atoms. The summed E-state index contributed by atoms with van der Waals surface area (Å²) < 4.78 is 18.3. The van der Waals surface area contributed by atoms with Crippen LogP contribution in [0.4, 0.5) is 5.69 Å². The number of hydrogen-bond donors (Lipinski definition) is 2. The summed E-state index contributed by atoms with van der Waals surface area (Å²) in [4.78, 5) is 114. The Hall–Kier alpha value is -7.33. The molecule has 14 rings (SSSR count). The van der Waals surface area contributed by atoms with Crippen LogP contribution in [0.15, 0.2) is 97.1 Å². The maximum Gasteiger partial charge on any atom is 0.338 e. The molecule has 5 amide bonds. The molecule has 6 aromatic rings. The van der Waals surface area contributed by atoms with Gasteiger partial charge in [0.05, 0.1) is 71.2 Å². The van der Waals surface area contributed by atoms with E-state index in [4.69, 9.17) is 24.2 Å². The third-order valence-electron chi connectivity index (χ3n) is 18.5. The van der Waals surface area contributed by atoms with Crippen molar-refractivity contribution >= 4 is 90.8 Å². The number of nitrogens with zero attached hydrogens (tertiary/aromatic N) is 4. The largest absolute Gasteiger partial charge is 0.467 e. The van der Waals surface area contributed by atoms with Crippen molar-refractivity contribution in [3.05, 3.63) is 103 Å². The summed E-state index contributed by atoms with van der Waals surface area (Å²) in [5.74, 6) is -10.9. The fraction of sp³-hybridized carbons (Fsp3) is 0.400. The Morgan fingerprint density at radius 1 is 0.592 bits per heavy atom. The van der Waals surface area contributed by atoms with Crippen LogP contribution in [0.25, 0.3) is 43.6 Å². The van der Waals surface area contributed by atoms with E-state index in [0.717, 1.165) is 43.8 Å². The van der Waals surface area contributed by atoms with Crippen molar-refractivity contribution in [3.63, 3.8) is 0 Å². The molecule has 8 fully saturated rings. The number of rotatable bonds is 10. The molecule has 4 saturated carbocycles. The highest BCUT2D eigenvalue weighted by atomic mass is 16.6. The number of esters is 2. The molecule has 0 radical (unpaired) electrons. The van der Waals surface area contributed by atoms with Crippen molar-refractivity contribution in [2.45, 2.75) is 24.0 Å². The second kappa shape index (κ2) is 14.9. The van der Waals surface area contributed by atoms with Crippen LogP contribution in [-0.4, -0.2) is 113 Å². The standard InChI is InChI=1S/C55H48N6O10/c1-69-52(67)54-41-30-23-31(38-37(30)48(63)60(49(38)64)20-18-56-46-27-12-4-7-16-35(27)58-36-17-8-5-13-28(36)46)42(41)55(71-54,53(68)70-2)44-33-24-32(43(44)54)39-40(33)51(66)61(50(39)65)21-19-57-47(62)29-14-9-11-26-22-25-10-3-6-15-34(25)59-45(26)29/h3-17,22,30-33,37-44H,18-21,23-24H2,1-2H3,(H,56,58)(H,57,62)/t30-,31+,32+,33-,37-,38+,39+,40-,41-,42+,43+,44-,54-,55+. The van der Waals surface area contributed by atoms with Gasteiger partial charge in [-0.05, 0) is 66.8 Å². The maximum absolute atomic E-state index is 14.7. The molecular formula is C55H48N6O10. The van der Waals surface area contributed by atoms with Gasteiger partial charge in [0.1, 0.15) is 0 Å². The minimum Gasteiger partial charge on any atom is -0.467 e. The molecular weight excluding hydrogens is 905 g/mol. The molecule has 71 heavy (non-hydrogen) atoms. The summed E-state index contributed by atoms with van der Waals surface area (Å²) in [6.07, 6.45) is 0.854. The van der Waals surface area contributed by atoms with Gasteiger partial charge in [-0.15, -0.1) is 0 Å². The van der Waals surface area contributed by atoms with E-state index in [0.29, 0.717) is 23.9 Å². The number of benzene rings is 4. The highest BCUT2D eigenvalue weighted by molar-refractivity contribution is 6.10. The number of para-hydroxylation sites is 4. The molecule has 4 aliphatic heterocycles. The van der Waals surface area contributed by atoms with Crippen LogP contribution < -0.4 is 10.6 Å². The summed E-state index contributed by atoms with van der Waals surface area (Å²) >= 11 is 0. The summed E-state index contributed by atoms with van der Waals surface area (Å²) in [6.45, 7) is 0.301. The van der Waals surface area contributed by atoms with Crippen LogP contribution in [0.5, 0.6) is 0 Å². The van der Waals surface area contributed by atoms with E-state index in [2.05, 4.69) is 10.6 Å². The lowest BCUT2D eigenvalue weighted by Crippen LogP contribution is -2.64. The van der Waals surface area contributed by atoms with Crippen molar-refractivity contribution in [2.24, 2.45) is 71.0 Å². The topological polar surface area (TPSA) is 204 Å². The highest BCUT2D eigenvalue weighted by Gasteiger charge is 2.93. The number of likely N-dealkylation sites (tertiary alicyclic amines) is 2. The number of amides is 5. The summed E-state index contributed by atoms with van der Waals surface area (Å²) in [6, 6.07) is 30.6. The average molecular weight is 953 g/mol. The fourth-order valence-electron chi connectivity index (χ4n) is 16.5. The van der Waals surface area contributed by atoms with Crippen molar-refractivity contribution in [1.29, 1.82) is 0 Å². The predicted molar refractivity (Wildman–Crippen MR) is 254 cm³/mol. The first-order valence-electron chi connectivity index (χ1n) is 24.7. The van der Waals surface area contributed by atoms with Gasteiger partial charge in [0.25, 0.3) is 5.91 Å². The van der Waals surface area contributed by atoms with E-state index in [9.17, 15) is 33.6 Å². The molecule has 358 valence electrons. The van der Waals surface area contributed by atoms with E-state index < -0.39 is 100 Å². The monoisotopic (exact) mass is 952 g/mol. The number of methoxy groups -OCH3 is 2. The van der Waals surface area contributed by atoms with Crippen molar-refractivity contribution in [2.75, 3.05) is 45.7 Å². The van der Waals surface area contributed by atoms with E-state index in [-0.39, 0.29) is 49.8 Å². The number of carbonyl (C=O) groups excluding carboxylic acids is 7. The molecule has 6 heterocycles. The Morgan fingerprint density at radius 2 is 1.06 bits per heavy atom. The molecule has 4 aromatic carbocycles. The molecule has 4 aliphatic carbocycles. The summed E-state index contributed by atoms with van der Waals surface area (Å²) in [5, 5.41) is 10.0. The Morgan fingerprint density at radius 3 is 1.58 bits per heavy atom. The molecule has 16 heteroatoms. The first-order chi connectivity index (χ1) is 34.5. The molecule has 14 atom stereocenters. The zero-order valence-electron chi connectivity index (χ0n) is 38.8. The quantitative estimate of drug-likeness (QED) is 0.108.